The van der Waals surface area contributed by atoms with E-state index in [4.69, 9.17) is 26.8 Å². The summed E-state index contributed by atoms with van der Waals surface area (Å²) >= 11 is 7.40. The van der Waals surface area contributed by atoms with Crippen LogP contribution in [0.4, 0.5) is 5.00 Å². The number of hydrogen-bond donors (Lipinski definition) is 1. The second kappa shape index (κ2) is 7.37. The molecule has 0 fully saturated rings. The van der Waals surface area contributed by atoms with Crippen LogP contribution in [-0.4, -0.2) is 34.4 Å². The van der Waals surface area contributed by atoms with Crippen LogP contribution in [0.5, 0.6) is 0 Å². The Balaban J connectivity index is 1.58. The molecule has 1 unspecified atom stereocenters. The fraction of sp³-hybridized carbons (Fsp3) is 0.381. The number of rotatable bonds is 2. The second-order valence-electron chi connectivity index (χ2n) is 8.25. The first kappa shape index (κ1) is 20.8. The van der Waals surface area contributed by atoms with Crippen LogP contribution >= 0.6 is 22.9 Å². The van der Waals surface area contributed by atoms with Gasteiger partial charge in [-0.25, -0.2) is 4.79 Å². The zero-order valence-corrected chi connectivity index (χ0v) is 18.4. The van der Waals surface area contributed by atoms with Gasteiger partial charge in [-0.15, -0.1) is 11.3 Å². The summed E-state index contributed by atoms with van der Waals surface area (Å²) in [5, 5.41) is 0.653. The fourth-order valence-corrected chi connectivity index (χ4v) is 4.95. The molecular formula is C21H21ClN2O5S. The average molecular weight is 449 g/mol. The molecule has 2 N–H and O–H groups in total. The lowest BCUT2D eigenvalue weighted by atomic mass is 10.00. The van der Waals surface area contributed by atoms with Crippen LogP contribution in [0.15, 0.2) is 18.2 Å². The van der Waals surface area contributed by atoms with Gasteiger partial charge < -0.3 is 15.2 Å². The number of halogens is 1. The molecule has 1 atom stereocenters. The number of fused-ring (bicyclic) bond motifs is 2. The fourth-order valence-electron chi connectivity index (χ4n) is 3.67. The molecule has 9 heteroatoms. The Labute approximate surface area is 182 Å². The Morgan fingerprint density at radius 2 is 2.07 bits per heavy atom. The van der Waals surface area contributed by atoms with E-state index in [1.165, 1.54) is 11.3 Å². The maximum atomic E-state index is 13.1. The Bertz CT molecular complexity index is 1070. The van der Waals surface area contributed by atoms with Gasteiger partial charge in [0.2, 0.25) is 0 Å². The van der Waals surface area contributed by atoms with Gasteiger partial charge in [-0.05, 0) is 38.0 Å². The predicted molar refractivity (Wildman–Crippen MR) is 113 cm³/mol. The largest absolute Gasteiger partial charge is 0.456 e. The number of hydrogen-bond acceptors (Lipinski definition) is 7. The van der Waals surface area contributed by atoms with Crippen LogP contribution in [0.2, 0.25) is 5.02 Å². The minimum absolute atomic E-state index is 0.138. The predicted octanol–water partition coefficient (Wildman–Crippen LogP) is 3.56. The molecule has 2 aliphatic heterocycles. The van der Waals surface area contributed by atoms with Crippen LogP contribution in [0, 0.1) is 0 Å². The standard InChI is InChI=1S/C21H21ClN2O5S/c1-21(2,3)29-20(27)16-11-7-13(28-9-14(11)30-17(16)23)18(25)24-8-10-5-4-6-12(22)15(10)19(24)26/h4-6,13H,7-9,23H2,1-3H3. The van der Waals surface area contributed by atoms with E-state index in [1.807, 2.05) is 0 Å². The van der Waals surface area contributed by atoms with Crippen molar-refractivity contribution in [1.82, 2.24) is 4.90 Å². The molecule has 0 spiro atoms. The molecular weight excluding hydrogens is 428 g/mol. The lowest BCUT2D eigenvalue weighted by molar-refractivity contribution is -0.142. The van der Waals surface area contributed by atoms with E-state index in [0.717, 1.165) is 9.78 Å². The van der Waals surface area contributed by atoms with E-state index in [9.17, 15) is 14.4 Å². The molecule has 0 saturated carbocycles. The number of anilines is 1. The Hall–Kier alpha value is -2.42. The van der Waals surface area contributed by atoms with Crippen molar-refractivity contribution in [3.05, 3.63) is 50.4 Å². The van der Waals surface area contributed by atoms with Crippen molar-refractivity contribution >= 4 is 45.7 Å². The van der Waals surface area contributed by atoms with E-state index in [-0.39, 0.29) is 25.1 Å². The van der Waals surface area contributed by atoms with Crippen molar-refractivity contribution in [2.45, 2.75) is 52.0 Å². The van der Waals surface area contributed by atoms with Gasteiger partial charge in [-0.2, -0.15) is 0 Å². The van der Waals surface area contributed by atoms with Gasteiger partial charge in [-0.1, -0.05) is 23.7 Å². The second-order valence-corrected chi connectivity index (χ2v) is 9.80. The van der Waals surface area contributed by atoms with Crippen molar-refractivity contribution in [3.63, 3.8) is 0 Å². The van der Waals surface area contributed by atoms with Crippen molar-refractivity contribution < 1.29 is 23.9 Å². The summed E-state index contributed by atoms with van der Waals surface area (Å²) in [6.07, 6.45) is -0.755. The van der Waals surface area contributed by atoms with E-state index in [1.54, 1.807) is 39.0 Å². The molecule has 3 heterocycles. The molecule has 1 aromatic carbocycles. The monoisotopic (exact) mass is 448 g/mol. The summed E-state index contributed by atoms with van der Waals surface area (Å²) in [7, 11) is 0. The third-order valence-corrected chi connectivity index (χ3v) is 6.30. The molecule has 7 nitrogen and oxygen atoms in total. The lowest BCUT2D eigenvalue weighted by Gasteiger charge is -2.26. The van der Waals surface area contributed by atoms with Gasteiger partial charge in [0.1, 0.15) is 16.7 Å². The van der Waals surface area contributed by atoms with Gasteiger partial charge in [-0.3, -0.25) is 14.5 Å². The van der Waals surface area contributed by atoms with Crippen molar-refractivity contribution in [1.29, 1.82) is 0 Å². The van der Waals surface area contributed by atoms with Crippen molar-refractivity contribution in [2.75, 3.05) is 5.73 Å². The summed E-state index contributed by atoms with van der Waals surface area (Å²) < 4.78 is 11.2. The Morgan fingerprint density at radius 3 is 2.73 bits per heavy atom. The SMILES string of the molecule is CC(C)(C)OC(=O)c1c(N)sc2c1CC(C(=O)N1Cc3cccc(Cl)c3C1=O)OC2. The molecule has 2 aliphatic rings. The molecule has 30 heavy (non-hydrogen) atoms. The first-order valence-corrected chi connectivity index (χ1v) is 10.6. The van der Waals surface area contributed by atoms with Crippen LogP contribution in [0.3, 0.4) is 0 Å². The van der Waals surface area contributed by atoms with Gasteiger partial charge in [0.25, 0.3) is 11.8 Å². The van der Waals surface area contributed by atoms with Crippen LogP contribution in [-0.2, 0) is 33.8 Å². The number of thiophene rings is 1. The maximum Gasteiger partial charge on any atom is 0.341 e. The van der Waals surface area contributed by atoms with E-state index in [0.29, 0.717) is 26.7 Å². The first-order chi connectivity index (χ1) is 14.1. The number of benzene rings is 1. The maximum absolute atomic E-state index is 13.1. The minimum atomic E-state index is -0.898. The molecule has 2 aromatic rings. The van der Waals surface area contributed by atoms with Gasteiger partial charge >= 0.3 is 5.97 Å². The number of esters is 1. The third kappa shape index (κ3) is 3.59. The number of carbonyl (C=O) groups is 3. The molecule has 1 aromatic heterocycles. The quantitative estimate of drug-likeness (QED) is 0.557. The summed E-state index contributed by atoms with van der Waals surface area (Å²) in [4.78, 5) is 40.5. The van der Waals surface area contributed by atoms with E-state index in [2.05, 4.69) is 0 Å². The number of carbonyl (C=O) groups excluding carboxylic acids is 3. The zero-order valence-electron chi connectivity index (χ0n) is 16.8. The molecule has 4 rings (SSSR count). The van der Waals surface area contributed by atoms with Crippen molar-refractivity contribution in [2.24, 2.45) is 0 Å². The number of nitrogens with two attached hydrogens (primary N) is 1. The summed E-state index contributed by atoms with van der Waals surface area (Å²) in [5.41, 5.74) is 7.38. The minimum Gasteiger partial charge on any atom is -0.456 e. The first-order valence-electron chi connectivity index (χ1n) is 9.45. The Morgan fingerprint density at radius 1 is 1.33 bits per heavy atom. The smallest absolute Gasteiger partial charge is 0.341 e. The van der Waals surface area contributed by atoms with Gasteiger partial charge in [0.15, 0.2) is 0 Å². The summed E-state index contributed by atoms with van der Waals surface area (Å²) in [6, 6.07) is 5.14. The van der Waals surface area contributed by atoms with E-state index >= 15 is 0 Å². The highest BCUT2D eigenvalue weighted by Gasteiger charge is 2.40. The average Bonchev–Trinajstić information content (AvgIpc) is 3.16. The molecule has 0 saturated heterocycles. The van der Waals surface area contributed by atoms with Crippen LogP contribution in [0.1, 0.15) is 57.5 Å². The highest BCUT2D eigenvalue weighted by Crippen LogP contribution is 2.38. The highest BCUT2D eigenvalue weighted by atomic mass is 35.5. The molecule has 0 bridgehead atoms. The number of amides is 2. The molecule has 0 radical (unpaired) electrons. The highest BCUT2D eigenvalue weighted by molar-refractivity contribution is 7.16. The number of nitrogen functional groups attached to an aromatic ring is 1. The molecule has 2 amide bonds. The van der Waals surface area contributed by atoms with E-state index < -0.39 is 29.5 Å². The Kier molecular flexibility index (Phi) is 5.12. The number of ether oxygens (including phenoxy) is 2. The van der Waals surface area contributed by atoms with Crippen LogP contribution in [0.25, 0.3) is 0 Å². The van der Waals surface area contributed by atoms with Gasteiger partial charge in [0.05, 0.1) is 29.3 Å². The normalized spacial score (nSPS) is 18.2. The summed E-state index contributed by atoms with van der Waals surface area (Å²) in [6.45, 7) is 5.61. The number of nitrogens with zero attached hydrogens (tertiary/aromatic N) is 1. The zero-order chi connectivity index (χ0) is 21.8. The lowest BCUT2D eigenvalue weighted by Crippen LogP contribution is -2.43. The topological polar surface area (TPSA) is 98.9 Å². The van der Waals surface area contributed by atoms with Gasteiger partial charge in [0, 0.05) is 11.3 Å². The van der Waals surface area contributed by atoms with Crippen molar-refractivity contribution in [3.8, 4) is 0 Å². The third-order valence-electron chi connectivity index (χ3n) is 4.95. The molecule has 158 valence electrons. The number of imide groups is 1. The molecule has 0 aliphatic carbocycles. The summed E-state index contributed by atoms with van der Waals surface area (Å²) in [5.74, 6) is -1.42. The van der Waals surface area contributed by atoms with Crippen LogP contribution < -0.4 is 5.73 Å².